The molecular weight excluding hydrogens is 564 g/mol. The summed E-state index contributed by atoms with van der Waals surface area (Å²) >= 11 is 0. The minimum absolute atomic E-state index is 0.572. The van der Waals surface area contributed by atoms with Crippen molar-refractivity contribution in [3.63, 3.8) is 0 Å². The molecule has 7 rings (SSSR count). The number of pyridine rings is 1. The van der Waals surface area contributed by atoms with Gasteiger partial charge in [0.1, 0.15) is 17.3 Å². The molecule has 4 aromatic carbocycles. The summed E-state index contributed by atoms with van der Waals surface area (Å²) in [7, 11) is 0. The summed E-state index contributed by atoms with van der Waals surface area (Å²) in [6.45, 7) is 11.1. The third-order valence-corrected chi connectivity index (χ3v) is 8.65. The van der Waals surface area contributed by atoms with Gasteiger partial charge in [0.15, 0.2) is 0 Å². The van der Waals surface area contributed by atoms with E-state index in [2.05, 4.69) is 112 Å². The smallest absolute Gasteiger partial charge is 0.137 e. The fourth-order valence-corrected chi connectivity index (χ4v) is 6.80. The first-order valence-corrected chi connectivity index (χ1v) is 16.3. The monoisotopic (exact) mass is 604 g/mol. The molecule has 0 spiro atoms. The zero-order valence-corrected chi connectivity index (χ0v) is 27.3. The highest BCUT2D eigenvalue weighted by atomic mass is 16.5. The van der Waals surface area contributed by atoms with Gasteiger partial charge in [0.25, 0.3) is 0 Å². The lowest BCUT2D eigenvalue weighted by Crippen LogP contribution is -2.01. The van der Waals surface area contributed by atoms with Crippen LogP contribution in [0.5, 0.6) is 11.5 Å². The Labute approximate surface area is 271 Å². The summed E-state index contributed by atoms with van der Waals surface area (Å²) in [6, 6.07) is 31.9. The molecule has 3 aromatic heterocycles. The average molecular weight is 605 g/mol. The second-order valence-electron chi connectivity index (χ2n) is 12.8. The molecule has 0 bridgehead atoms. The molecule has 7 aromatic rings. The summed E-state index contributed by atoms with van der Waals surface area (Å²) in [5, 5.41) is 7.11. The molecule has 0 saturated carbocycles. The third-order valence-electron chi connectivity index (χ3n) is 8.65. The standard InChI is InChI=1S/C41H40N4O/c1-6-10-30-20-28(4)41(29(5)21-30)32-25-43-44(26-32)33-11-9-12-34(23-33)46-35-15-16-37-36-13-7-8-14-38(36)45(39(37)24-35)40-22-31(17-18-42-40)19-27(2)3/h7-9,11-18,20-27H,6,10,19H2,1-5H3. The van der Waals surface area contributed by atoms with E-state index < -0.39 is 0 Å². The zero-order chi connectivity index (χ0) is 31.8. The molecule has 0 fully saturated rings. The van der Waals surface area contributed by atoms with Gasteiger partial charge in [-0.2, -0.15) is 5.10 Å². The van der Waals surface area contributed by atoms with Crippen molar-refractivity contribution in [2.75, 3.05) is 0 Å². The Bertz CT molecular complexity index is 2160. The first-order chi connectivity index (χ1) is 22.4. The maximum atomic E-state index is 6.50. The van der Waals surface area contributed by atoms with Crippen molar-refractivity contribution >= 4 is 21.8 Å². The minimum atomic E-state index is 0.572. The van der Waals surface area contributed by atoms with Crippen LogP contribution < -0.4 is 4.74 Å². The number of hydrogen-bond acceptors (Lipinski definition) is 3. The number of aromatic nitrogens is 4. The molecule has 46 heavy (non-hydrogen) atoms. The molecule has 0 aliphatic heterocycles. The number of fused-ring (bicyclic) bond motifs is 3. The molecule has 5 heteroatoms. The fraction of sp³-hybridized carbons (Fsp3) is 0.220. The van der Waals surface area contributed by atoms with Gasteiger partial charge in [-0.05, 0) is 103 Å². The van der Waals surface area contributed by atoms with Crippen LogP contribution in [-0.4, -0.2) is 19.3 Å². The lowest BCUT2D eigenvalue weighted by atomic mass is 9.94. The van der Waals surface area contributed by atoms with Gasteiger partial charge in [-0.3, -0.25) is 4.57 Å². The number of hydrogen-bond donors (Lipinski definition) is 0. The van der Waals surface area contributed by atoms with Crippen LogP contribution in [0.4, 0.5) is 0 Å². The Hall–Kier alpha value is -5.16. The minimum Gasteiger partial charge on any atom is -0.457 e. The van der Waals surface area contributed by atoms with Crippen LogP contribution in [0.3, 0.4) is 0 Å². The number of ether oxygens (including phenoxy) is 1. The van der Waals surface area contributed by atoms with Gasteiger partial charge in [-0.1, -0.05) is 63.6 Å². The molecule has 0 amide bonds. The first-order valence-electron chi connectivity index (χ1n) is 16.3. The Kier molecular flexibility index (Phi) is 7.91. The fourth-order valence-electron chi connectivity index (χ4n) is 6.80. The molecule has 0 radical (unpaired) electrons. The van der Waals surface area contributed by atoms with E-state index in [9.17, 15) is 0 Å². The van der Waals surface area contributed by atoms with Gasteiger partial charge in [0.2, 0.25) is 0 Å². The van der Waals surface area contributed by atoms with Gasteiger partial charge in [0, 0.05) is 40.9 Å². The van der Waals surface area contributed by atoms with Crippen LogP contribution in [0.1, 0.15) is 49.4 Å². The quantitative estimate of drug-likeness (QED) is 0.165. The highest BCUT2D eigenvalue weighted by Crippen LogP contribution is 2.36. The Morgan fingerprint density at radius 2 is 1.54 bits per heavy atom. The van der Waals surface area contributed by atoms with E-state index in [0.717, 1.165) is 58.9 Å². The Balaban J connectivity index is 1.22. The highest BCUT2D eigenvalue weighted by Gasteiger charge is 2.15. The molecular formula is C41H40N4O. The maximum absolute atomic E-state index is 6.50. The molecule has 230 valence electrons. The lowest BCUT2D eigenvalue weighted by Gasteiger charge is -2.12. The molecule has 0 aliphatic carbocycles. The second kappa shape index (κ2) is 12.3. The number of para-hydroxylation sites is 1. The Morgan fingerprint density at radius 1 is 0.761 bits per heavy atom. The van der Waals surface area contributed by atoms with Crippen LogP contribution in [0, 0.1) is 19.8 Å². The first kappa shape index (κ1) is 29.5. The third kappa shape index (κ3) is 5.69. The molecule has 0 N–H and O–H groups in total. The van der Waals surface area contributed by atoms with Crippen LogP contribution in [0.2, 0.25) is 0 Å². The number of benzene rings is 4. The summed E-state index contributed by atoms with van der Waals surface area (Å²) in [4.78, 5) is 4.81. The molecule has 3 heterocycles. The van der Waals surface area contributed by atoms with Crippen molar-refractivity contribution in [2.24, 2.45) is 5.92 Å². The van der Waals surface area contributed by atoms with Crippen molar-refractivity contribution in [3.05, 3.63) is 132 Å². The van der Waals surface area contributed by atoms with Gasteiger partial charge in [0.05, 0.1) is 22.9 Å². The van der Waals surface area contributed by atoms with E-state index in [1.54, 1.807) is 0 Å². The zero-order valence-electron chi connectivity index (χ0n) is 27.3. The highest BCUT2D eigenvalue weighted by molar-refractivity contribution is 6.09. The van der Waals surface area contributed by atoms with Crippen molar-refractivity contribution in [1.29, 1.82) is 0 Å². The van der Waals surface area contributed by atoms with Crippen molar-refractivity contribution in [1.82, 2.24) is 19.3 Å². The second-order valence-corrected chi connectivity index (χ2v) is 12.8. The van der Waals surface area contributed by atoms with E-state index in [0.29, 0.717) is 5.92 Å². The van der Waals surface area contributed by atoms with Crippen LogP contribution in [0.25, 0.3) is 44.4 Å². The van der Waals surface area contributed by atoms with Crippen molar-refractivity contribution < 1.29 is 4.74 Å². The molecule has 0 saturated heterocycles. The number of aryl methyl sites for hydroxylation is 3. The SMILES string of the molecule is CCCc1cc(C)c(-c2cnn(-c3cccc(Oc4ccc5c6ccccc6n(-c6cc(CC(C)C)ccn6)c5c4)c3)c2)c(C)c1. The van der Waals surface area contributed by atoms with Crippen LogP contribution >= 0.6 is 0 Å². The maximum Gasteiger partial charge on any atom is 0.137 e. The molecule has 0 atom stereocenters. The Morgan fingerprint density at radius 3 is 2.35 bits per heavy atom. The van der Waals surface area contributed by atoms with E-state index in [1.165, 1.54) is 38.6 Å². The topological polar surface area (TPSA) is 44.9 Å². The summed E-state index contributed by atoms with van der Waals surface area (Å²) in [5.41, 5.74) is 10.8. The molecule has 5 nitrogen and oxygen atoms in total. The van der Waals surface area contributed by atoms with Crippen molar-refractivity contribution in [2.45, 2.75) is 53.9 Å². The lowest BCUT2D eigenvalue weighted by molar-refractivity contribution is 0.483. The summed E-state index contributed by atoms with van der Waals surface area (Å²) in [5.74, 6) is 3.02. The number of nitrogens with zero attached hydrogens (tertiary/aromatic N) is 4. The van der Waals surface area contributed by atoms with Gasteiger partial charge in [-0.15, -0.1) is 0 Å². The van der Waals surface area contributed by atoms with Gasteiger partial charge >= 0.3 is 0 Å². The number of rotatable bonds is 9. The van der Waals surface area contributed by atoms with E-state index in [4.69, 9.17) is 14.8 Å². The normalized spacial score (nSPS) is 11.6. The van der Waals surface area contributed by atoms with E-state index >= 15 is 0 Å². The van der Waals surface area contributed by atoms with Gasteiger partial charge in [-0.25, -0.2) is 9.67 Å². The predicted molar refractivity (Wildman–Crippen MR) is 190 cm³/mol. The molecule has 0 unspecified atom stereocenters. The van der Waals surface area contributed by atoms with E-state index in [1.807, 2.05) is 41.3 Å². The van der Waals surface area contributed by atoms with Gasteiger partial charge < -0.3 is 4.74 Å². The molecule has 0 aliphatic rings. The summed E-state index contributed by atoms with van der Waals surface area (Å²) in [6.07, 6.45) is 9.25. The average Bonchev–Trinajstić information content (AvgIpc) is 3.64. The van der Waals surface area contributed by atoms with E-state index in [-0.39, 0.29) is 0 Å². The van der Waals surface area contributed by atoms with Crippen LogP contribution in [-0.2, 0) is 12.8 Å². The predicted octanol–water partition coefficient (Wildman–Crippen LogP) is 10.6. The van der Waals surface area contributed by atoms with Crippen molar-refractivity contribution in [3.8, 4) is 34.1 Å². The van der Waals surface area contributed by atoms with Crippen LogP contribution in [0.15, 0.2) is 110 Å². The summed E-state index contributed by atoms with van der Waals surface area (Å²) < 4.78 is 10.7. The largest absolute Gasteiger partial charge is 0.457 e.